The molecule has 0 aromatic rings. The van der Waals surface area contributed by atoms with Crippen LogP contribution in [0.1, 0.15) is 39.5 Å². The topological polar surface area (TPSA) is 37.1 Å². The smallest absolute Gasteiger partial charge is 0.0808 e. The summed E-state index contributed by atoms with van der Waals surface area (Å²) in [7, 11) is 0. The van der Waals surface area contributed by atoms with E-state index in [1.165, 1.54) is 25.7 Å². The molecule has 1 saturated carbocycles. The second-order valence-electron chi connectivity index (χ2n) is 4.94. The zero-order valence-corrected chi connectivity index (χ0v) is 8.40. The Hall–Kier alpha value is -0.730. The van der Waals surface area contributed by atoms with Crippen molar-refractivity contribution in [3.63, 3.8) is 0 Å². The molecule has 1 aliphatic heterocycles. The molecule has 2 aliphatic rings. The van der Waals surface area contributed by atoms with Gasteiger partial charge in [-0.1, -0.05) is 13.8 Å². The molecule has 0 N–H and O–H groups in total. The summed E-state index contributed by atoms with van der Waals surface area (Å²) < 4.78 is 0. The first-order chi connectivity index (χ1) is 6.17. The Morgan fingerprint density at radius 3 is 2.85 bits per heavy atom. The van der Waals surface area contributed by atoms with Gasteiger partial charge >= 0.3 is 0 Å². The van der Waals surface area contributed by atoms with Crippen molar-refractivity contribution in [3.8, 4) is 0 Å². The summed E-state index contributed by atoms with van der Waals surface area (Å²) in [5.41, 5.74) is 0.487. The highest BCUT2D eigenvalue weighted by atomic mass is 15.4. The minimum atomic E-state index is 0.416. The molecule has 1 heterocycles. The van der Waals surface area contributed by atoms with Crippen LogP contribution in [0.25, 0.3) is 0 Å². The zero-order valence-electron chi connectivity index (χ0n) is 8.40. The van der Waals surface area contributed by atoms with Gasteiger partial charge < -0.3 is 0 Å². The second-order valence-corrected chi connectivity index (χ2v) is 4.94. The summed E-state index contributed by atoms with van der Waals surface area (Å²) in [5, 5.41) is 11.8. The van der Waals surface area contributed by atoms with Gasteiger partial charge in [0.2, 0.25) is 0 Å². The van der Waals surface area contributed by atoms with Crippen LogP contribution in [0.3, 0.4) is 0 Å². The fraction of sp³-hybridized carbons (Fsp3) is 0.900. The maximum atomic E-state index is 4.20. The minimum Gasteiger partial charge on any atom is -0.165 e. The van der Waals surface area contributed by atoms with Crippen LogP contribution in [-0.2, 0) is 0 Å². The van der Waals surface area contributed by atoms with Crippen LogP contribution in [0, 0.1) is 11.3 Å². The Balaban J connectivity index is 2.09. The molecule has 3 heteroatoms. The van der Waals surface area contributed by atoms with Gasteiger partial charge in [0.05, 0.1) is 6.04 Å². The maximum absolute atomic E-state index is 4.20. The molecular formula is C10H17N3. The van der Waals surface area contributed by atoms with E-state index in [1.807, 2.05) is 6.21 Å². The molecule has 2 atom stereocenters. The van der Waals surface area contributed by atoms with Crippen LogP contribution in [0.4, 0.5) is 0 Å². The van der Waals surface area contributed by atoms with Gasteiger partial charge in [-0.05, 0) is 36.3 Å². The van der Waals surface area contributed by atoms with Gasteiger partial charge in [-0.25, -0.2) is 0 Å². The van der Waals surface area contributed by atoms with Gasteiger partial charge in [-0.15, -0.1) is 5.10 Å². The molecule has 0 bridgehead atoms. The maximum Gasteiger partial charge on any atom is 0.0808 e. The molecule has 13 heavy (non-hydrogen) atoms. The van der Waals surface area contributed by atoms with Crippen molar-refractivity contribution in [1.82, 2.24) is 0 Å². The average Bonchev–Trinajstić information content (AvgIpc) is 2.27. The molecule has 0 amide bonds. The fourth-order valence-corrected chi connectivity index (χ4v) is 2.16. The van der Waals surface area contributed by atoms with Gasteiger partial charge in [-0.3, -0.25) is 0 Å². The lowest BCUT2D eigenvalue weighted by Crippen LogP contribution is -2.19. The minimum absolute atomic E-state index is 0.416. The van der Waals surface area contributed by atoms with E-state index in [0.29, 0.717) is 17.4 Å². The standard InChI is InChI=1S/C10H17N3/c1-10(2)5-3-8-7-11-13-12-9(8)4-6-10/h7-9H,3-6H2,1-2H3. The quantitative estimate of drug-likeness (QED) is 0.548. The van der Waals surface area contributed by atoms with Gasteiger partial charge in [0, 0.05) is 12.1 Å². The Labute approximate surface area is 79.3 Å². The lowest BCUT2D eigenvalue weighted by atomic mass is 9.85. The van der Waals surface area contributed by atoms with Crippen molar-refractivity contribution in [2.24, 2.45) is 26.8 Å². The summed E-state index contributed by atoms with van der Waals surface area (Å²) in [4.78, 5) is 0. The molecule has 0 aromatic carbocycles. The van der Waals surface area contributed by atoms with Gasteiger partial charge in [0.15, 0.2) is 0 Å². The molecule has 0 saturated heterocycles. The van der Waals surface area contributed by atoms with E-state index in [1.54, 1.807) is 0 Å². The number of hydrogen-bond donors (Lipinski definition) is 0. The molecule has 3 nitrogen and oxygen atoms in total. The van der Waals surface area contributed by atoms with Crippen molar-refractivity contribution in [1.29, 1.82) is 0 Å². The van der Waals surface area contributed by atoms with Crippen molar-refractivity contribution in [2.45, 2.75) is 45.6 Å². The number of rotatable bonds is 0. The summed E-state index contributed by atoms with van der Waals surface area (Å²) >= 11 is 0. The van der Waals surface area contributed by atoms with Gasteiger partial charge in [0.1, 0.15) is 0 Å². The van der Waals surface area contributed by atoms with E-state index in [4.69, 9.17) is 0 Å². The highest BCUT2D eigenvalue weighted by Crippen LogP contribution is 2.37. The van der Waals surface area contributed by atoms with E-state index in [2.05, 4.69) is 29.3 Å². The van der Waals surface area contributed by atoms with Gasteiger partial charge in [-0.2, -0.15) is 5.11 Å². The Morgan fingerprint density at radius 2 is 2.00 bits per heavy atom. The molecule has 0 spiro atoms. The number of nitrogens with zero attached hydrogens (tertiary/aromatic N) is 3. The van der Waals surface area contributed by atoms with Crippen LogP contribution in [0.15, 0.2) is 15.4 Å². The summed E-state index contributed by atoms with van der Waals surface area (Å²) in [6.45, 7) is 4.69. The Morgan fingerprint density at radius 1 is 1.23 bits per heavy atom. The van der Waals surface area contributed by atoms with E-state index < -0.39 is 0 Å². The molecule has 1 aliphatic carbocycles. The SMILES string of the molecule is CC1(C)CCC2C=NN=NC2CC1. The van der Waals surface area contributed by atoms with Crippen LogP contribution in [-0.4, -0.2) is 12.3 Å². The first kappa shape index (κ1) is 8.85. The average molecular weight is 179 g/mol. The van der Waals surface area contributed by atoms with Crippen molar-refractivity contribution < 1.29 is 0 Å². The van der Waals surface area contributed by atoms with Crippen LogP contribution < -0.4 is 0 Å². The zero-order chi connectivity index (χ0) is 9.31. The first-order valence-electron chi connectivity index (χ1n) is 5.11. The predicted octanol–water partition coefficient (Wildman–Crippen LogP) is 3.02. The molecular weight excluding hydrogens is 162 g/mol. The second kappa shape index (κ2) is 3.20. The molecule has 0 radical (unpaired) electrons. The lowest BCUT2D eigenvalue weighted by Gasteiger charge is -2.21. The molecule has 2 rings (SSSR count). The third-order valence-electron chi connectivity index (χ3n) is 3.28. The molecule has 0 aromatic heterocycles. The normalized spacial score (nSPS) is 36.8. The van der Waals surface area contributed by atoms with Crippen molar-refractivity contribution >= 4 is 6.21 Å². The van der Waals surface area contributed by atoms with Crippen LogP contribution in [0.2, 0.25) is 0 Å². The molecule has 1 fully saturated rings. The summed E-state index contributed by atoms with van der Waals surface area (Å²) in [6, 6.07) is 0.416. The number of hydrogen-bond acceptors (Lipinski definition) is 3. The van der Waals surface area contributed by atoms with Crippen LogP contribution >= 0.6 is 0 Å². The van der Waals surface area contributed by atoms with E-state index in [9.17, 15) is 0 Å². The Bertz CT molecular complexity index is 219. The Kier molecular flexibility index (Phi) is 2.18. The van der Waals surface area contributed by atoms with Crippen molar-refractivity contribution in [3.05, 3.63) is 0 Å². The number of fused-ring (bicyclic) bond motifs is 1. The lowest BCUT2D eigenvalue weighted by molar-refractivity contribution is 0.311. The highest BCUT2D eigenvalue weighted by Gasteiger charge is 2.31. The van der Waals surface area contributed by atoms with Crippen molar-refractivity contribution in [2.75, 3.05) is 0 Å². The van der Waals surface area contributed by atoms with E-state index >= 15 is 0 Å². The first-order valence-corrected chi connectivity index (χ1v) is 5.11. The van der Waals surface area contributed by atoms with Crippen LogP contribution in [0.5, 0.6) is 0 Å². The molecule has 72 valence electrons. The van der Waals surface area contributed by atoms with E-state index in [-0.39, 0.29) is 0 Å². The largest absolute Gasteiger partial charge is 0.165 e. The highest BCUT2D eigenvalue weighted by molar-refractivity contribution is 5.62. The fourth-order valence-electron chi connectivity index (χ4n) is 2.16. The monoisotopic (exact) mass is 179 g/mol. The third-order valence-corrected chi connectivity index (χ3v) is 3.28. The summed E-state index contributed by atoms with van der Waals surface area (Å²) in [5.74, 6) is 0.555. The third kappa shape index (κ3) is 1.95. The molecule has 2 unspecified atom stereocenters. The predicted molar refractivity (Wildman–Crippen MR) is 52.9 cm³/mol. The van der Waals surface area contributed by atoms with Gasteiger partial charge in [0.25, 0.3) is 0 Å². The van der Waals surface area contributed by atoms with E-state index in [0.717, 1.165) is 0 Å². The summed E-state index contributed by atoms with van der Waals surface area (Å²) in [6.07, 6.45) is 6.93.